The summed E-state index contributed by atoms with van der Waals surface area (Å²) < 4.78 is 0. The molecule has 0 saturated heterocycles. The summed E-state index contributed by atoms with van der Waals surface area (Å²) in [5, 5.41) is 12.8. The van der Waals surface area contributed by atoms with Crippen LogP contribution in [0.15, 0.2) is 0 Å². The first-order valence-corrected chi connectivity index (χ1v) is 6.81. The molecule has 0 unspecified atom stereocenters. The standard InChI is InChI=1S/C11H16Cl2N4O/c12-8-15-9(13)17-10(16-8)14-6-11(7-18)4-2-1-3-5-11/h18H,1-7H2,(H,14,15,16,17). The van der Waals surface area contributed by atoms with E-state index in [1.807, 2.05) is 0 Å². The van der Waals surface area contributed by atoms with Gasteiger partial charge in [-0.3, -0.25) is 0 Å². The number of halogens is 2. The van der Waals surface area contributed by atoms with Gasteiger partial charge in [0.2, 0.25) is 16.5 Å². The van der Waals surface area contributed by atoms with E-state index in [-0.39, 0.29) is 22.6 Å². The van der Waals surface area contributed by atoms with Crippen molar-refractivity contribution in [3.05, 3.63) is 10.6 Å². The lowest BCUT2D eigenvalue weighted by Crippen LogP contribution is -2.36. The van der Waals surface area contributed by atoms with Crippen LogP contribution >= 0.6 is 23.2 Å². The Morgan fingerprint density at radius 3 is 2.22 bits per heavy atom. The quantitative estimate of drug-likeness (QED) is 0.892. The molecule has 0 bridgehead atoms. The molecule has 0 aliphatic heterocycles. The van der Waals surface area contributed by atoms with E-state index in [4.69, 9.17) is 23.2 Å². The Morgan fingerprint density at radius 1 is 1.06 bits per heavy atom. The van der Waals surface area contributed by atoms with E-state index < -0.39 is 0 Å². The molecule has 1 aromatic heterocycles. The zero-order valence-electron chi connectivity index (χ0n) is 9.99. The topological polar surface area (TPSA) is 70.9 Å². The number of anilines is 1. The van der Waals surface area contributed by atoms with Crippen LogP contribution < -0.4 is 5.32 Å². The van der Waals surface area contributed by atoms with Crippen molar-refractivity contribution >= 4 is 29.2 Å². The van der Waals surface area contributed by atoms with Crippen LogP contribution in [0.2, 0.25) is 10.6 Å². The summed E-state index contributed by atoms with van der Waals surface area (Å²) in [5.74, 6) is 0.360. The first kappa shape index (κ1) is 13.8. The van der Waals surface area contributed by atoms with Gasteiger partial charge in [0.15, 0.2) is 0 Å². The van der Waals surface area contributed by atoms with Gasteiger partial charge in [-0.2, -0.15) is 15.0 Å². The Balaban J connectivity index is 2.00. The molecule has 1 fully saturated rings. The van der Waals surface area contributed by atoms with Crippen molar-refractivity contribution in [2.75, 3.05) is 18.5 Å². The van der Waals surface area contributed by atoms with Gasteiger partial charge in [-0.05, 0) is 36.0 Å². The second kappa shape index (κ2) is 5.99. The maximum absolute atomic E-state index is 9.58. The van der Waals surface area contributed by atoms with Crippen molar-refractivity contribution in [3.8, 4) is 0 Å². The van der Waals surface area contributed by atoms with Crippen molar-refractivity contribution in [1.82, 2.24) is 15.0 Å². The van der Waals surface area contributed by atoms with Crippen molar-refractivity contribution in [3.63, 3.8) is 0 Å². The Bertz CT molecular complexity index is 390. The highest BCUT2D eigenvalue weighted by Gasteiger charge is 2.31. The fourth-order valence-electron chi connectivity index (χ4n) is 2.36. The van der Waals surface area contributed by atoms with Crippen molar-refractivity contribution in [2.24, 2.45) is 5.41 Å². The number of rotatable bonds is 4. The molecule has 0 aromatic carbocycles. The summed E-state index contributed by atoms with van der Waals surface area (Å²) in [6, 6.07) is 0. The first-order valence-electron chi connectivity index (χ1n) is 6.05. The number of nitrogens with zero attached hydrogens (tertiary/aromatic N) is 3. The molecule has 0 spiro atoms. The Morgan fingerprint density at radius 2 is 1.67 bits per heavy atom. The highest BCUT2D eigenvalue weighted by molar-refractivity contribution is 6.31. The van der Waals surface area contributed by atoms with Crippen LogP contribution in [0, 0.1) is 5.41 Å². The number of nitrogens with one attached hydrogen (secondary N) is 1. The molecule has 18 heavy (non-hydrogen) atoms. The summed E-state index contributed by atoms with van der Waals surface area (Å²) in [5.41, 5.74) is -0.0795. The molecular formula is C11H16Cl2N4O. The summed E-state index contributed by atoms with van der Waals surface area (Å²) in [4.78, 5) is 11.6. The predicted octanol–water partition coefficient (Wildman–Crippen LogP) is 2.53. The third-order valence-corrected chi connectivity index (χ3v) is 3.79. The summed E-state index contributed by atoms with van der Waals surface area (Å²) in [6.45, 7) is 0.798. The van der Waals surface area contributed by atoms with Gasteiger partial charge in [-0.1, -0.05) is 19.3 Å². The molecular weight excluding hydrogens is 275 g/mol. The van der Waals surface area contributed by atoms with Gasteiger partial charge >= 0.3 is 0 Å². The molecule has 1 aromatic rings. The van der Waals surface area contributed by atoms with Gasteiger partial charge in [-0.15, -0.1) is 0 Å². The van der Waals surface area contributed by atoms with Gasteiger partial charge in [-0.25, -0.2) is 0 Å². The van der Waals surface area contributed by atoms with Crippen LogP contribution in [0.25, 0.3) is 0 Å². The molecule has 1 aliphatic rings. The first-order chi connectivity index (χ1) is 8.63. The minimum Gasteiger partial charge on any atom is -0.396 e. The van der Waals surface area contributed by atoms with Crippen LogP contribution in [0.5, 0.6) is 0 Å². The number of aliphatic hydroxyl groups is 1. The molecule has 7 heteroatoms. The molecule has 0 amide bonds. The van der Waals surface area contributed by atoms with Crippen LogP contribution in [0.3, 0.4) is 0 Å². The van der Waals surface area contributed by atoms with Gasteiger partial charge < -0.3 is 10.4 Å². The molecule has 2 rings (SSSR count). The number of hydrogen-bond donors (Lipinski definition) is 2. The van der Waals surface area contributed by atoms with Crippen LogP contribution in [-0.4, -0.2) is 33.2 Å². The van der Waals surface area contributed by atoms with Gasteiger partial charge in [0.25, 0.3) is 0 Å². The maximum Gasteiger partial charge on any atom is 0.228 e. The zero-order chi connectivity index (χ0) is 13.0. The van der Waals surface area contributed by atoms with E-state index in [1.54, 1.807) is 0 Å². The monoisotopic (exact) mass is 290 g/mol. The Labute approximate surface area is 116 Å². The van der Waals surface area contributed by atoms with Crippen molar-refractivity contribution in [1.29, 1.82) is 0 Å². The van der Waals surface area contributed by atoms with E-state index in [0.717, 1.165) is 25.7 Å². The Hall–Kier alpha value is -0.650. The van der Waals surface area contributed by atoms with Gasteiger partial charge in [0.1, 0.15) is 0 Å². The lowest BCUT2D eigenvalue weighted by atomic mass is 9.74. The summed E-state index contributed by atoms with van der Waals surface area (Å²) in [6.07, 6.45) is 5.58. The second-order valence-corrected chi connectivity index (χ2v) is 5.45. The van der Waals surface area contributed by atoms with E-state index in [0.29, 0.717) is 12.5 Å². The minimum absolute atomic E-state index is 0.0687. The smallest absolute Gasteiger partial charge is 0.228 e. The third-order valence-electron chi connectivity index (χ3n) is 3.45. The van der Waals surface area contributed by atoms with Gasteiger partial charge in [0, 0.05) is 12.0 Å². The highest BCUT2D eigenvalue weighted by atomic mass is 35.5. The molecule has 5 nitrogen and oxygen atoms in total. The fraction of sp³-hybridized carbons (Fsp3) is 0.727. The fourth-order valence-corrected chi connectivity index (χ4v) is 2.73. The molecule has 0 atom stereocenters. The maximum atomic E-state index is 9.58. The Kier molecular flexibility index (Phi) is 4.59. The SMILES string of the molecule is OCC1(CNc2nc(Cl)nc(Cl)n2)CCCCC1. The number of hydrogen-bond acceptors (Lipinski definition) is 5. The van der Waals surface area contributed by atoms with E-state index in [2.05, 4.69) is 20.3 Å². The third kappa shape index (κ3) is 3.43. The molecule has 1 heterocycles. The van der Waals surface area contributed by atoms with E-state index >= 15 is 0 Å². The highest BCUT2D eigenvalue weighted by Crippen LogP contribution is 2.35. The van der Waals surface area contributed by atoms with Gasteiger partial charge in [0.05, 0.1) is 6.61 Å². The molecule has 0 radical (unpaired) electrons. The van der Waals surface area contributed by atoms with Crippen molar-refractivity contribution < 1.29 is 5.11 Å². The number of aromatic nitrogens is 3. The van der Waals surface area contributed by atoms with E-state index in [9.17, 15) is 5.11 Å². The predicted molar refractivity (Wildman–Crippen MR) is 70.9 cm³/mol. The largest absolute Gasteiger partial charge is 0.396 e. The molecule has 100 valence electrons. The average molecular weight is 291 g/mol. The second-order valence-electron chi connectivity index (χ2n) is 4.77. The zero-order valence-corrected chi connectivity index (χ0v) is 11.5. The lowest BCUT2D eigenvalue weighted by molar-refractivity contribution is 0.0942. The summed E-state index contributed by atoms with van der Waals surface area (Å²) in [7, 11) is 0. The normalized spacial score (nSPS) is 18.6. The number of aliphatic hydroxyl groups excluding tert-OH is 1. The lowest BCUT2D eigenvalue weighted by Gasteiger charge is -2.35. The van der Waals surface area contributed by atoms with Crippen LogP contribution in [0.1, 0.15) is 32.1 Å². The van der Waals surface area contributed by atoms with E-state index in [1.165, 1.54) is 6.42 Å². The molecule has 2 N–H and O–H groups in total. The van der Waals surface area contributed by atoms with Crippen molar-refractivity contribution in [2.45, 2.75) is 32.1 Å². The molecule has 1 aliphatic carbocycles. The summed E-state index contributed by atoms with van der Waals surface area (Å²) >= 11 is 11.4. The minimum atomic E-state index is -0.0795. The van der Waals surface area contributed by atoms with Crippen LogP contribution in [0.4, 0.5) is 5.95 Å². The van der Waals surface area contributed by atoms with Crippen LogP contribution in [-0.2, 0) is 0 Å². The molecule has 1 saturated carbocycles. The average Bonchev–Trinajstić information content (AvgIpc) is 2.36.